The number of nitrogens with zero attached hydrogens (tertiary/aromatic N) is 3. The first-order valence-electron chi connectivity index (χ1n) is 6.57. The van der Waals surface area contributed by atoms with Crippen LogP contribution in [-0.4, -0.2) is 31.5 Å². The highest BCUT2D eigenvalue weighted by atomic mass is 16.3. The molecule has 0 saturated carbocycles. The van der Waals surface area contributed by atoms with Crippen molar-refractivity contribution in [3.63, 3.8) is 0 Å². The number of hydrogen-bond acceptors (Lipinski definition) is 4. The van der Waals surface area contributed by atoms with Gasteiger partial charge < -0.3 is 15.4 Å². The monoisotopic (exact) mass is 271 g/mol. The summed E-state index contributed by atoms with van der Waals surface area (Å²) in [6, 6.07) is 6.06. The number of benzene rings is 1. The molecule has 6 heteroatoms. The van der Waals surface area contributed by atoms with Crippen LogP contribution in [-0.2, 0) is 13.1 Å². The standard InChI is InChI=1S/C14H17N5O/c1-10-17-13-3-2-12(6-14(13)18-10)15-7-11-8-16-19(9-11)4-5-20/h2-3,6,8-9,15,20H,4-5,7H2,1H3,(H,17,18). The lowest BCUT2D eigenvalue weighted by molar-refractivity contribution is 0.269. The van der Waals surface area contributed by atoms with E-state index in [9.17, 15) is 0 Å². The maximum absolute atomic E-state index is 8.85. The van der Waals surface area contributed by atoms with E-state index in [0.29, 0.717) is 13.1 Å². The highest BCUT2D eigenvalue weighted by molar-refractivity contribution is 5.79. The molecule has 6 nitrogen and oxygen atoms in total. The van der Waals surface area contributed by atoms with E-state index < -0.39 is 0 Å². The highest BCUT2D eigenvalue weighted by Gasteiger charge is 2.02. The van der Waals surface area contributed by atoms with Gasteiger partial charge in [0, 0.05) is 24.0 Å². The molecule has 0 bridgehead atoms. The number of aliphatic hydroxyl groups excluding tert-OH is 1. The summed E-state index contributed by atoms with van der Waals surface area (Å²) in [6.45, 7) is 3.27. The molecule has 104 valence electrons. The average molecular weight is 271 g/mol. The van der Waals surface area contributed by atoms with E-state index in [0.717, 1.165) is 28.1 Å². The Morgan fingerprint density at radius 1 is 1.40 bits per heavy atom. The van der Waals surface area contributed by atoms with Gasteiger partial charge in [-0.1, -0.05) is 0 Å². The predicted octanol–water partition coefficient (Wildman–Crippen LogP) is 1.67. The van der Waals surface area contributed by atoms with Crippen molar-refractivity contribution < 1.29 is 5.11 Å². The van der Waals surface area contributed by atoms with Crippen LogP contribution in [0.5, 0.6) is 0 Å². The summed E-state index contributed by atoms with van der Waals surface area (Å²) < 4.78 is 1.73. The van der Waals surface area contributed by atoms with E-state index >= 15 is 0 Å². The Hall–Kier alpha value is -2.34. The van der Waals surface area contributed by atoms with Crippen molar-refractivity contribution >= 4 is 16.7 Å². The molecule has 0 fully saturated rings. The molecule has 20 heavy (non-hydrogen) atoms. The fraction of sp³-hybridized carbons (Fsp3) is 0.286. The van der Waals surface area contributed by atoms with Crippen LogP contribution in [0.2, 0.25) is 0 Å². The quantitative estimate of drug-likeness (QED) is 0.659. The van der Waals surface area contributed by atoms with Crippen LogP contribution >= 0.6 is 0 Å². The number of imidazole rings is 1. The summed E-state index contributed by atoms with van der Waals surface area (Å²) in [5, 5.41) is 16.4. The van der Waals surface area contributed by atoms with Crippen molar-refractivity contribution in [2.24, 2.45) is 0 Å². The minimum Gasteiger partial charge on any atom is -0.394 e. The molecule has 0 spiro atoms. The lowest BCUT2D eigenvalue weighted by Crippen LogP contribution is -2.02. The number of aryl methyl sites for hydroxylation is 1. The molecule has 0 aliphatic carbocycles. The molecule has 0 atom stereocenters. The van der Waals surface area contributed by atoms with E-state index in [2.05, 4.69) is 20.4 Å². The van der Waals surface area contributed by atoms with Gasteiger partial charge >= 0.3 is 0 Å². The maximum atomic E-state index is 8.85. The highest BCUT2D eigenvalue weighted by Crippen LogP contribution is 2.17. The van der Waals surface area contributed by atoms with E-state index in [1.54, 1.807) is 4.68 Å². The molecule has 0 aliphatic heterocycles. The number of rotatable bonds is 5. The van der Waals surface area contributed by atoms with Gasteiger partial charge in [-0.2, -0.15) is 5.10 Å². The maximum Gasteiger partial charge on any atom is 0.104 e. The molecular formula is C14H17N5O. The molecule has 0 amide bonds. The van der Waals surface area contributed by atoms with E-state index in [-0.39, 0.29) is 6.61 Å². The molecule has 0 saturated heterocycles. The van der Waals surface area contributed by atoms with Crippen LogP contribution in [0.25, 0.3) is 11.0 Å². The van der Waals surface area contributed by atoms with Crippen LogP contribution in [0.15, 0.2) is 30.6 Å². The molecule has 2 aromatic heterocycles. The molecule has 3 rings (SSSR count). The number of aliphatic hydroxyl groups is 1. The molecule has 3 aromatic rings. The summed E-state index contributed by atoms with van der Waals surface area (Å²) in [4.78, 5) is 7.60. The number of hydrogen-bond donors (Lipinski definition) is 3. The Balaban J connectivity index is 1.69. The Kier molecular flexibility index (Phi) is 3.39. The van der Waals surface area contributed by atoms with Gasteiger partial charge in [0.05, 0.1) is 30.4 Å². The lowest BCUT2D eigenvalue weighted by atomic mass is 10.2. The minimum absolute atomic E-state index is 0.102. The van der Waals surface area contributed by atoms with Crippen molar-refractivity contribution in [1.29, 1.82) is 0 Å². The number of aromatic nitrogens is 4. The van der Waals surface area contributed by atoms with Crippen LogP contribution < -0.4 is 5.32 Å². The van der Waals surface area contributed by atoms with Crippen LogP contribution in [0.4, 0.5) is 5.69 Å². The van der Waals surface area contributed by atoms with Crippen molar-refractivity contribution in [1.82, 2.24) is 19.7 Å². The van der Waals surface area contributed by atoms with Crippen molar-refractivity contribution in [2.75, 3.05) is 11.9 Å². The summed E-state index contributed by atoms with van der Waals surface area (Å²) in [5.41, 5.74) is 4.13. The van der Waals surface area contributed by atoms with Crippen LogP contribution in [0.3, 0.4) is 0 Å². The summed E-state index contributed by atoms with van der Waals surface area (Å²) in [7, 11) is 0. The van der Waals surface area contributed by atoms with Gasteiger partial charge in [-0.25, -0.2) is 4.98 Å². The van der Waals surface area contributed by atoms with Crippen molar-refractivity contribution in [2.45, 2.75) is 20.0 Å². The third-order valence-electron chi connectivity index (χ3n) is 3.11. The van der Waals surface area contributed by atoms with Crippen LogP contribution in [0, 0.1) is 6.92 Å². The topological polar surface area (TPSA) is 78.8 Å². The summed E-state index contributed by atoms with van der Waals surface area (Å²) >= 11 is 0. The number of aromatic amines is 1. The second-order valence-electron chi connectivity index (χ2n) is 4.74. The SMILES string of the molecule is Cc1nc2ccc(NCc3cnn(CCO)c3)cc2[nH]1. The Morgan fingerprint density at radius 3 is 3.15 bits per heavy atom. The Labute approximate surface area is 116 Å². The largest absolute Gasteiger partial charge is 0.394 e. The number of anilines is 1. The number of H-pyrrole nitrogens is 1. The third kappa shape index (κ3) is 2.65. The molecule has 2 heterocycles. The van der Waals surface area contributed by atoms with Gasteiger partial charge in [-0.15, -0.1) is 0 Å². The van der Waals surface area contributed by atoms with Gasteiger partial charge in [0.1, 0.15) is 5.82 Å². The first-order valence-corrected chi connectivity index (χ1v) is 6.57. The van der Waals surface area contributed by atoms with Gasteiger partial charge in [-0.3, -0.25) is 4.68 Å². The molecular weight excluding hydrogens is 254 g/mol. The minimum atomic E-state index is 0.102. The van der Waals surface area contributed by atoms with Crippen LogP contribution in [0.1, 0.15) is 11.4 Å². The van der Waals surface area contributed by atoms with Gasteiger partial charge in [0.25, 0.3) is 0 Å². The molecule has 0 aliphatic rings. The molecule has 0 unspecified atom stereocenters. The Morgan fingerprint density at radius 2 is 2.30 bits per heavy atom. The van der Waals surface area contributed by atoms with E-state index in [4.69, 9.17) is 5.11 Å². The van der Waals surface area contributed by atoms with Gasteiger partial charge in [0.15, 0.2) is 0 Å². The second-order valence-corrected chi connectivity index (χ2v) is 4.74. The fourth-order valence-corrected chi connectivity index (χ4v) is 2.17. The smallest absolute Gasteiger partial charge is 0.104 e. The number of nitrogens with one attached hydrogen (secondary N) is 2. The Bertz CT molecular complexity index is 715. The van der Waals surface area contributed by atoms with Crippen molar-refractivity contribution in [3.05, 3.63) is 42.0 Å². The first-order chi connectivity index (χ1) is 9.74. The second kappa shape index (κ2) is 5.34. The molecule has 3 N–H and O–H groups in total. The zero-order valence-corrected chi connectivity index (χ0v) is 11.3. The van der Waals surface area contributed by atoms with Gasteiger partial charge in [0.2, 0.25) is 0 Å². The normalized spacial score (nSPS) is 11.1. The zero-order valence-electron chi connectivity index (χ0n) is 11.3. The zero-order chi connectivity index (χ0) is 13.9. The van der Waals surface area contributed by atoms with Crippen molar-refractivity contribution in [3.8, 4) is 0 Å². The first kappa shape index (κ1) is 12.7. The summed E-state index contributed by atoms with van der Waals surface area (Å²) in [6.07, 6.45) is 3.74. The number of fused-ring (bicyclic) bond motifs is 1. The van der Waals surface area contributed by atoms with Gasteiger partial charge in [-0.05, 0) is 25.1 Å². The predicted molar refractivity (Wildman–Crippen MR) is 77.5 cm³/mol. The molecule has 0 radical (unpaired) electrons. The van der Waals surface area contributed by atoms with E-state index in [1.807, 2.05) is 37.5 Å². The lowest BCUT2D eigenvalue weighted by Gasteiger charge is -2.04. The van der Waals surface area contributed by atoms with E-state index in [1.165, 1.54) is 0 Å². The summed E-state index contributed by atoms with van der Waals surface area (Å²) in [5.74, 6) is 0.919. The third-order valence-corrected chi connectivity index (χ3v) is 3.11. The molecule has 1 aromatic carbocycles. The average Bonchev–Trinajstić information content (AvgIpc) is 3.01. The fourth-order valence-electron chi connectivity index (χ4n) is 2.17.